The Morgan fingerprint density at radius 2 is 1.80 bits per heavy atom. The summed E-state index contributed by atoms with van der Waals surface area (Å²) in [6.45, 7) is 0. The number of aromatic nitrogens is 1. The normalized spacial score (nSPS) is 10.9. The third kappa shape index (κ3) is 2.98. The molecule has 20 heavy (non-hydrogen) atoms. The predicted molar refractivity (Wildman–Crippen MR) is 65.5 cm³/mol. The summed E-state index contributed by atoms with van der Waals surface area (Å²) in [5, 5.41) is 9.00. The number of nitrogens with two attached hydrogens (primary N) is 1. The molecule has 0 unspecified atom stereocenters. The summed E-state index contributed by atoms with van der Waals surface area (Å²) in [5.41, 5.74) is 6.86. The van der Waals surface area contributed by atoms with Gasteiger partial charge in [-0.15, -0.1) is 13.2 Å². The molecule has 0 fully saturated rings. The average molecular weight is 279 g/mol. The third-order valence-corrected chi connectivity index (χ3v) is 2.48. The number of benzene rings is 1. The number of ether oxygens (including phenoxy) is 1. The van der Waals surface area contributed by atoms with E-state index in [1.165, 1.54) is 24.4 Å². The zero-order chi connectivity index (χ0) is 14.8. The lowest BCUT2D eigenvalue weighted by Crippen LogP contribution is -2.16. The zero-order valence-electron chi connectivity index (χ0n) is 9.98. The Labute approximate surface area is 112 Å². The van der Waals surface area contributed by atoms with E-state index in [-0.39, 0.29) is 11.6 Å². The summed E-state index contributed by atoms with van der Waals surface area (Å²) in [6, 6.07) is 8.50. The van der Waals surface area contributed by atoms with Crippen molar-refractivity contribution in [2.24, 2.45) is 0 Å². The van der Waals surface area contributed by atoms with Crippen molar-refractivity contribution in [2.45, 2.75) is 6.36 Å². The first kappa shape index (κ1) is 13.7. The molecule has 1 heterocycles. The van der Waals surface area contributed by atoms with E-state index in [9.17, 15) is 13.2 Å². The molecule has 2 rings (SSSR count). The highest BCUT2D eigenvalue weighted by atomic mass is 19.4. The summed E-state index contributed by atoms with van der Waals surface area (Å²) in [5.74, 6) is -0.212. The Morgan fingerprint density at radius 1 is 1.15 bits per heavy atom. The van der Waals surface area contributed by atoms with Gasteiger partial charge in [0.25, 0.3) is 0 Å². The van der Waals surface area contributed by atoms with Gasteiger partial charge in [0.05, 0.1) is 11.6 Å². The van der Waals surface area contributed by atoms with Crippen molar-refractivity contribution in [1.29, 1.82) is 5.26 Å². The van der Waals surface area contributed by atoms with Crippen molar-refractivity contribution in [1.82, 2.24) is 4.98 Å². The lowest BCUT2D eigenvalue weighted by Gasteiger charge is -2.10. The van der Waals surface area contributed by atoms with Gasteiger partial charge in [0.2, 0.25) is 0 Å². The molecule has 4 nitrogen and oxygen atoms in total. The number of hydrogen-bond acceptors (Lipinski definition) is 4. The molecule has 0 amide bonds. The quantitative estimate of drug-likeness (QED) is 0.916. The first-order valence-corrected chi connectivity index (χ1v) is 5.41. The lowest BCUT2D eigenvalue weighted by molar-refractivity contribution is -0.274. The van der Waals surface area contributed by atoms with E-state index in [1.54, 1.807) is 0 Å². The fourth-order valence-corrected chi connectivity index (χ4v) is 1.70. The number of nitrogen functional groups attached to an aromatic ring is 1. The van der Waals surface area contributed by atoms with Crippen molar-refractivity contribution in [3.63, 3.8) is 0 Å². The molecule has 1 aromatic carbocycles. The molecule has 2 aromatic rings. The van der Waals surface area contributed by atoms with E-state index < -0.39 is 6.36 Å². The molecule has 0 aliphatic rings. The number of alkyl halides is 3. The molecule has 0 atom stereocenters. The molecule has 0 aliphatic carbocycles. The predicted octanol–water partition coefficient (Wildman–Crippen LogP) is 3.10. The monoisotopic (exact) mass is 279 g/mol. The zero-order valence-corrected chi connectivity index (χ0v) is 9.98. The Hall–Kier alpha value is -2.75. The summed E-state index contributed by atoms with van der Waals surface area (Å²) in [6.07, 6.45) is -3.36. The van der Waals surface area contributed by atoms with Crippen molar-refractivity contribution >= 4 is 5.82 Å². The topological polar surface area (TPSA) is 71.9 Å². The minimum absolute atomic E-state index is 0.133. The third-order valence-electron chi connectivity index (χ3n) is 2.48. The van der Waals surface area contributed by atoms with Gasteiger partial charge in [-0.1, -0.05) is 12.1 Å². The van der Waals surface area contributed by atoms with Crippen LogP contribution in [0.2, 0.25) is 0 Å². The molecular weight excluding hydrogens is 271 g/mol. The SMILES string of the molecule is N#Cc1ccnc(N)c1-c1ccc(OC(F)(F)F)cc1. The number of anilines is 1. The summed E-state index contributed by atoms with van der Waals surface area (Å²) >= 11 is 0. The van der Waals surface area contributed by atoms with Gasteiger partial charge in [0.15, 0.2) is 0 Å². The first-order valence-electron chi connectivity index (χ1n) is 5.41. The average Bonchev–Trinajstić information content (AvgIpc) is 2.38. The van der Waals surface area contributed by atoms with Gasteiger partial charge in [-0.05, 0) is 23.8 Å². The van der Waals surface area contributed by atoms with Gasteiger partial charge in [-0.3, -0.25) is 0 Å². The van der Waals surface area contributed by atoms with E-state index in [0.29, 0.717) is 16.7 Å². The number of halogens is 3. The minimum Gasteiger partial charge on any atom is -0.406 e. The number of rotatable bonds is 2. The molecule has 0 bridgehead atoms. The van der Waals surface area contributed by atoms with Crippen LogP contribution >= 0.6 is 0 Å². The summed E-state index contributed by atoms with van der Waals surface area (Å²) in [7, 11) is 0. The minimum atomic E-state index is -4.74. The van der Waals surface area contributed by atoms with E-state index in [2.05, 4.69) is 9.72 Å². The van der Waals surface area contributed by atoms with Crippen molar-refractivity contribution < 1.29 is 17.9 Å². The van der Waals surface area contributed by atoms with Gasteiger partial charge < -0.3 is 10.5 Å². The maximum atomic E-state index is 12.1. The number of nitriles is 1. The fourth-order valence-electron chi connectivity index (χ4n) is 1.70. The molecule has 0 aliphatic heterocycles. The largest absolute Gasteiger partial charge is 0.573 e. The Balaban J connectivity index is 2.39. The van der Waals surface area contributed by atoms with Crippen molar-refractivity contribution in [3.05, 3.63) is 42.1 Å². The molecule has 0 radical (unpaired) electrons. The van der Waals surface area contributed by atoms with Crippen LogP contribution in [0.4, 0.5) is 19.0 Å². The number of pyridine rings is 1. The molecule has 0 saturated heterocycles. The molecule has 7 heteroatoms. The van der Waals surface area contributed by atoms with E-state index in [0.717, 1.165) is 12.1 Å². The first-order chi connectivity index (χ1) is 9.40. The standard InChI is InChI=1S/C13H8F3N3O/c14-13(15,16)20-10-3-1-8(2-4-10)11-9(7-17)5-6-19-12(11)18/h1-6H,(H2,18,19). The number of nitrogens with zero attached hydrogens (tertiary/aromatic N) is 2. The van der Waals surface area contributed by atoms with Crippen LogP contribution < -0.4 is 10.5 Å². The van der Waals surface area contributed by atoms with Crippen LogP contribution in [0.15, 0.2) is 36.5 Å². The van der Waals surface area contributed by atoms with Gasteiger partial charge in [-0.2, -0.15) is 5.26 Å². The highest BCUT2D eigenvalue weighted by molar-refractivity contribution is 5.79. The van der Waals surface area contributed by atoms with Crippen LogP contribution in [0.25, 0.3) is 11.1 Å². The van der Waals surface area contributed by atoms with E-state index in [4.69, 9.17) is 11.0 Å². The second-order valence-corrected chi connectivity index (χ2v) is 3.80. The molecular formula is C13H8F3N3O. The number of hydrogen-bond donors (Lipinski definition) is 1. The molecule has 0 saturated carbocycles. The van der Waals surface area contributed by atoms with Crippen LogP contribution in [-0.4, -0.2) is 11.3 Å². The van der Waals surface area contributed by atoms with Crippen molar-refractivity contribution in [3.8, 4) is 22.9 Å². The Bertz CT molecular complexity index is 660. The maximum Gasteiger partial charge on any atom is 0.573 e. The summed E-state index contributed by atoms with van der Waals surface area (Å²) in [4.78, 5) is 3.86. The van der Waals surface area contributed by atoms with Crippen LogP contribution in [0.1, 0.15) is 5.56 Å². The smallest absolute Gasteiger partial charge is 0.406 e. The second kappa shape index (κ2) is 5.09. The molecule has 102 valence electrons. The Kier molecular flexibility index (Phi) is 3.48. The molecule has 1 aromatic heterocycles. The van der Waals surface area contributed by atoms with Crippen LogP contribution in [-0.2, 0) is 0 Å². The van der Waals surface area contributed by atoms with E-state index in [1.807, 2.05) is 6.07 Å². The fraction of sp³-hybridized carbons (Fsp3) is 0.0769. The highest BCUT2D eigenvalue weighted by Crippen LogP contribution is 2.30. The maximum absolute atomic E-state index is 12.1. The second-order valence-electron chi connectivity index (χ2n) is 3.80. The lowest BCUT2D eigenvalue weighted by atomic mass is 10.0. The van der Waals surface area contributed by atoms with Gasteiger partial charge >= 0.3 is 6.36 Å². The highest BCUT2D eigenvalue weighted by Gasteiger charge is 2.31. The van der Waals surface area contributed by atoms with Gasteiger partial charge in [-0.25, -0.2) is 4.98 Å². The van der Waals surface area contributed by atoms with Crippen LogP contribution in [0.3, 0.4) is 0 Å². The van der Waals surface area contributed by atoms with Crippen LogP contribution in [0.5, 0.6) is 5.75 Å². The Morgan fingerprint density at radius 3 is 2.35 bits per heavy atom. The van der Waals surface area contributed by atoms with Crippen molar-refractivity contribution in [2.75, 3.05) is 5.73 Å². The van der Waals surface area contributed by atoms with E-state index >= 15 is 0 Å². The van der Waals surface area contributed by atoms with Gasteiger partial charge in [0.1, 0.15) is 11.6 Å². The summed E-state index contributed by atoms with van der Waals surface area (Å²) < 4.78 is 39.9. The molecule has 0 spiro atoms. The van der Waals surface area contributed by atoms with Gasteiger partial charge in [0, 0.05) is 11.8 Å². The molecule has 2 N–H and O–H groups in total. The van der Waals surface area contributed by atoms with Crippen LogP contribution in [0, 0.1) is 11.3 Å².